The topological polar surface area (TPSA) is 34.0 Å². The molecule has 0 atom stereocenters. The molecule has 0 saturated heterocycles. The number of ether oxygens (including phenoxy) is 1. The third-order valence-corrected chi connectivity index (χ3v) is 4.30. The van der Waals surface area contributed by atoms with Crippen LogP contribution in [0, 0.1) is 23.5 Å². The Labute approximate surface area is 175 Å². The molecule has 0 aromatic heterocycles. The summed E-state index contributed by atoms with van der Waals surface area (Å²) < 4.78 is 33.6. The van der Waals surface area contributed by atoms with Crippen LogP contribution in [0.25, 0.3) is 0 Å². The second-order valence-corrected chi connectivity index (χ2v) is 6.63. The summed E-state index contributed by atoms with van der Waals surface area (Å²) in [6.45, 7) is 4.58. The fourth-order valence-electron chi connectivity index (χ4n) is 2.64. The van der Waals surface area contributed by atoms with Gasteiger partial charge >= 0.3 is 0 Å². The van der Waals surface area contributed by atoms with Gasteiger partial charge in [-0.25, -0.2) is 8.78 Å². The van der Waals surface area contributed by atoms with Crippen LogP contribution in [-0.2, 0) is 6.42 Å². The van der Waals surface area contributed by atoms with Crippen LogP contribution in [0.5, 0.6) is 5.75 Å². The lowest BCUT2D eigenvalue weighted by atomic mass is 10.1. The summed E-state index contributed by atoms with van der Waals surface area (Å²) >= 11 is 0. The van der Waals surface area contributed by atoms with E-state index in [2.05, 4.69) is 29.0 Å². The van der Waals surface area contributed by atoms with Crippen molar-refractivity contribution in [2.24, 2.45) is 10.2 Å². The quantitative estimate of drug-likeness (QED) is 0.318. The fourth-order valence-corrected chi connectivity index (χ4v) is 2.64. The van der Waals surface area contributed by atoms with Crippen molar-refractivity contribution >= 4 is 11.4 Å². The Balaban J connectivity index is 1.67. The van der Waals surface area contributed by atoms with Crippen molar-refractivity contribution < 1.29 is 13.5 Å². The normalized spacial score (nSPS) is 10.7. The Morgan fingerprint density at radius 1 is 0.800 bits per heavy atom. The molecule has 0 saturated carbocycles. The molecule has 0 fully saturated rings. The fraction of sp³-hybridized carbons (Fsp3) is 0.200. The van der Waals surface area contributed by atoms with E-state index in [9.17, 15) is 8.78 Å². The minimum absolute atomic E-state index is 0.220. The zero-order valence-electron chi connectivity index (χ0n) is 17.0. The average molecular weight is 404 g/mol. The molecule has 30 heavy (non-hydrogen) atoms. The van der Waals surface area contributed by atoms with Gasteiger partial charge < -0.3 is 4.74 Å². The van der Waals surface area contributed by atoms with Gasteiger partial charge in [-0.15, -0.1) is 0 Å². The van der Waals surface area contributed by atoms with Gasteiger partial charge in [0.25, 0.3) is 0 Å². The lowest BCUT2D eigenvalue weighted by molar-refractivity contribution is 0.317. The summed E-state index contributed by atoms with van der Waals surface area (Å²) in [5.41, 5.74) is 2.38. The van der Waals surface area contributed by atoms with Crippen LogP contribution in [0.3, 0.4) is 0 Å². The number of hydrogen-bond donors (Lipinski definition) is 0. The molecule has 0 spiro atoms. The van der Waals surface area contributed by atoms with Gasteiger partial charge in [-0.1, -0.05) is 25.7 Å². The second-order valence-electron chi connectivity index (χ2n) is 6.63. The molecular formula is C25H22F2N2O. The van der Waals surface area contributed by atoms with E-state index in [-0.39, 0.29) is 5.56 Å². The largest absolute Gasteiger partial charge is 0.494 e. The molecular weight excluding hydrogens is 382 g/mol. The van der Waals surface area contributed by atoms with Crippen molar-refractivity contribution in [3.8, 4) is 17.6 Å². The first-order valence-electron chi connectivity index (χ1n) is 9.83. The molecule has 0 aliphatic heterocycles. The highest BCUT2D eigenvalue weighted by Gasteiger charge is 2.08. The maximum absolute atomic E-state index is 14.0. The van der Waals surface area contributed by atoms with Crippen LogP contribution in [0.2, 0.25) is 0 Å². The molecule has 0 bridgehead atoms. The Morgan fingerprint density at radius 3 is 1.90 bits per heavy atom. The van der Waals surface area contributed by atoms with Gasteiger partial charge in [0.05, 0.1) is 23.5 Å². The summed E-state index contributed by atoms with van der Waals surface area (Å²) in [6.07, 6.45) is 1.52. The molecule has 0 radical (unpaired) electrons. The van der Waals surface area contributed by atoms with Crippen LogP contribution >= 0.6 is 0 Å². The van der Waals surface area contributed by atoms with E-state index in [1.165, 1.54) is 12.1 Å². The lowest BCUT2D eigenvalue weighted by Gasteiger charge is -2.03. The van der Waals surface area contributed by atoms with Gasteiger partial charge in [0.2, 0.25) is 0 Å². The number of azo groups is 1. The van der Waals surface area contributed by atoms with Gasteiger partial charge in [0.1, 0.15) is 17.4 Å². The van der Waals surface area contributed by atoms with Crippen molar-refractivity contribution in [1.29, 1.82) is 0 Å². The smallest absolute Gasteiger partial charge is 0.142 e. The molecule has 3 aromatic rings. The van der Waals surface area contributed by atoms with E-state index in [1.54, 1.807) is 24.3 Å². The molecule has 0 aliphatic carbocycles. The van der Waals surface area contributed by atoms with Crippen LogP contribution in [0.4, 0.5) is 20.2 Å². The predicted molar refractivity (Wildman–Crippen MR) is 115 cm³/mol. The number of benzene rings is 3. The number of halogens is 2. The Hall–Kier alpha value is -3.52. The van der Waals surface area contributed by atoms with Gasteiger partial charge in [-0.2, -0.15) is 10.2 Å². The third-order valence-electron chi connectivity index (χ3n) is 4.30. The van der Waals surface area contributed by atoms with Gasteiger partial charge in [0.15, 0.2) is 0 Å². The zero-order chi connectivity index (χ0) is 21.3. The molecule has 0 amide bonds. The van der Waals surface area contributed by atoms with Crippen molar-refractivity contribution in [1.82, 2.24) is 0 Å². The van der Waals surface area contributed by atoms with Gasteiger partial charge in [-0.05, 0) is 79.1 Å². The van der Waals surface area contributed by atoms with Crippen LogP contribution in [-0.4, -0.2) is 6.61 Å². The first-order valence-corrected chi connectivity index (χ1v) is 9.83. The van der Waals surface area contributed by atoms with Crippen molar-refractivity contribution in [3.05, 3.63) is 89.0 Å². The first kappa shape index (κ1) is 21.2. The van der Waals surface area contributed by atoms with Crippen molar-refractivity contribution in [3.63, 3.8) is 0 Å². The van der Waals surface area contributed by atoms with E-state index >= 15 is 0 Å². The second kappa shape index (κ2) is 10.3. The maximum atomic E-state index is 14.0. The van der Waals surface area contributed by atoms with E-state index in [0.29, 0.717) is 35.5 Å². The minimum atomic E-state index is -0.643. The maximum Gasteiger partial charge on any atom is 0.142 e. The Bertz CT molecular complexity index is 1060. The van der Waals surface area contributed by atoms with Crippen LogP contribution in [0.1, 0.15) is 37.0 Å². The minimum Gasteiger partial charge on any atom is -0.494 e. The first-order chi connectivity index (χ1) is 14.6. The Morgan fingerprint density at radius 2 is 1.37 bits per heavy atom. The van der Waals surface area contributed by atoms with E-state index < -0.39 is 11.6 Å². The molecule has 0 aliphatic rings. The van der Waals surface area contributed by atoms with Crippen LogP contribution < -0.4 is 4.74 Å². The number of nitrogens with zero attached hydrogens (tertiary/aromatic N) is 2. The van der Waals surface area contributed by atoms with Crippen LogP contribution in [0.15, 0.2) is 70.9 Å². The number of hydrogen-bond acceptors (Lipinski definition) is 3. The summed E-state index contributed by atoms with van der Waals surface area (Å²) in [5, 5.41) is 8.39. The standard InChI is InChI=1S/C25H22F2N2O/c1-3-15-30-22-12-10-21(11-13-22)29-28-20-8-5-19(6-9-20)7-14-23-24(26)16-18(4-2)17-25(23)27/h5-6,8-13,16-17H,3-4,15H2,1-2H3. The molecule has 0 N–H and O–H groups in total. The number of rotatable bonds is 6. The van der Waals surface area contributed by atoms with E-state index in [0.717, 1.165) is 12.2 Å². The third kappa shape index (κ3) is 5.74. The SMILES string of the molecule is CCCOc1ccc(N=Nc2ccc(C#Cc3c(F)cc(CC)cc3F)cc2)cc1. The molecule has 0 heterocycles. The average Bonchev–Trinajstić information content (AvgIpc) is 2.77. The molecule has 0 unspecified atom stereocenters. The zero-order valence-corrected chi connectivity index (χ0v) is 17.0. The Kier molecular flexibility index (Phi) is 7.29. The highest BCUT2D eigenvalue weighted by molar-refractivity contribution is 5.49. The van der Waals surface area contributed by atoms with Crippen molar-refractivity contribution in [2.45, 2.75) is 26.7 Å². The number of aryl methyl sites for hydroxylation is 1. The summed E-state index contributed by atoms with van der Waals surface area (Å²) in [6, 6.07) is 17.0. The van der Waals surface area contributed by atoms with E-state index in [4.69, 9.17) is 4.74 Å². The summed E-state index contributed by atoms with van der Waals surface area (Å²) in [5.74, 6) is 4.88. The van der Waals surface area contributed by atoms with Gasteiger partial charge in [0, 0.05) is 5.56 Å². The van der Waals surface area contributed by atoms with Crippen molar-refractivity contribution in [2.75, 3.05) is 6.61 Å². The molecule has 3 rings (SSSR count). The molecule has 152 valence electrons. The highest BCUT2D eigenvalue weighted by Crippen LogP contribution is 2.22. The monoisotopic (exact) mass is 404 g/mol. The predicted octanol–water partition coefficient (Wildman–Crippen LogP) is 7.13. The lowest BCUT2D eigenvalue weighted by Crippen LogP contribution is -1.93. The summed E-state index contributed by atoms with van der Waals surface area (Å²) in [7, 11) is 0. The van der Waals surface area contributed by atoms with E-state index in [1.807, 2.05) is 31.2 Å². The molecule has 3 aromatic carbocycles. The highest BCUT2D eigenvalue weighted by atomic mass is 19.1. The molecule has 3 nitrogen and oxygen atoms in total. The molecule has 5 heteroatoms. The summed E-state index contributed by atoms with van der Waals surface area (Å²) in [4.78, 5) is 0. The van der Waals surface area contributed by atoms with Gasteiger partial charge in [-0.3, -0.25) is 0 Å².